The zero-order chi connectivity index (χ0) is 21.4. The minimum absolute atomic E-state index is 0.0427. The van der Waals surface area contributed by atoms with Crippen LogP contribution in [0.2, 0.25) is 0 Å². The first-order valence-corrected chi connectivity index (χ1v) is 9.22. The van der Waals surface area contributed by atoms with E-state index in [-0.39, 0.29) is 22.9 Å². The van der Waals surface area contributed by atoms with Gasteiger partial charge in [0, 0.05) is 10.9 Å². The lowest BCUT2D eigenvalue weighted by molar-refractivity contribution is 0.318. The Kier molecular flexibility index (Phi) is 4.72. The molecule has 0 saturated carbocycles. The van der Waals surface area contributed by atoms with Gasteiger partial charge >= 0.3 is 0 Å². The second kappa shape index (κ2) is 7.37. The number of hydrogen-bond donors (Lipinski definition) is 2. The number of ether oxygens (including phenoxy) is 1. The molecular weight excluding hydrogens is 387 g/mol. The number of aryl methyl sites for hydroxylation is 1. The minimum atomic E-state index is -0.575. The second-order valence-corrected chi connectivity index (χ2v) is 6.63. The molecule has 0 unspecified atom stereocenters. The molecule has 0 fully saturated rings. The second-order valence-electron chi connectivity index (χ2n) is 6.63. The number of nitriles is 1. The van der Waals surface area contributed by atoms with Crippen molar-refractivity contribution in [3.05, 3.63) is 69.9 Å². The standard InChI is InChI=1S/C22H17FN4O3/c1-3-30-18-10-13(4-9-17(18)28)20-16(11-24)22(29)25-21-19(20)12(2)26-27(21)15-7-5-14(23)6-8-15/h4-10,28H,3H2,1-2H3,(H,25,29). The summed E-state index contributed by atoms with van der Waals surface area (Å²) in [5, 5.41) is 24.8. The Hall–Kier alpha value is -4.12. The van der Waals surface area contributed by atoms with Gasteiger partial charge in [-0.2, -0.15) is 10.4 Å². The molecule has 2 N–H and O–H groups in total. The first-order chi connectivity index (χ1) is 14.4. The van der Waals surface area contributed by atoms with Crippen LogP contribution in [0.15, 0.2) is 47.3 Å². The SMILES string of the molecule is CCOc1cc(-c2c(C#N)c(=O)[nH]c3c2c(C)nn3-c2ccc(F)cc2)ccc1O. The summed E-state index contributed by atoms with van der Waals surface area (Å²) in [5.74, 6) is -0.185. The Morgan fingerprint density at radius 3 is 2.67 bits per heavy atom. The molecule has 2 aromatic carbocycles. The highest BCUT2D eigenvalue weighted by atomic mass is 19.1. The van der Waals surface area contributed by atoms with Crippen molar-refractivity contribution in [2.45, 2.75) is 13.8 Å². The van der Waals surface area contributed by atoms with Gasteiger partial charge in [-0.25, -0.2) is 9.07 Å². The smallest absolute Gasteiger partial charge is 0.268 e. The van der Waals surface area contributed by atoms with E-state index < -0.39 is 5.56 Å². The van der Waals surface area contributed by atoms with Crippen LogP contribution in [0.3, 0.4) is 0 Å². The normalized spacial score (nSPS) is 10.9. The fourth-order valence-corrected chi connectivity index (χ4v) is 3.46. The monoisotopic (exact) mass is 404 g/mol. The van der Waals surface area contributed by atoms with E-state index in [0.29, 0.717) is 40.1 Å². The molecular formula is C22H17FN4O3. The predicted octanol–water partition coefficient (Wildman–Crippen LogP) is 3.80. The maximum absolute atomic E-state index is 13.3. The molecule has 8 heteroatoms. The number of pyridine rings is 1. The van der Waals surface area contributed by atoms with E-state index in [1.54, 1.807) is 38.1 Å². The van der Waals surface area contributed by atoms with E-state index in [4.69, 9.17) is 4.74 Å². The summed E-state index contributed by atoms with van der Waals surface area (Å²) in [6.45, 7) is 3.89. The minimum Gasteiger partial charge on any atom is -0.504 e. The van der Waals surface area contributed by atoms with Gasteiger partial charge in [0.25, 0.3) is 5.56 Å². The number of phenolic OH excluding ortho intramolecular Hbond substituents is 1. The number of rotatable bonds is 4. The van der Waals surface area contributed by atoms with Crippen LogP contribution >= 0.6 is 0 Å². The van der Waals surface area contributed by atoms with Crippen LogP contribution in [-0.4, -0.2) is 26.5 Å². The number of phenols is 1. The maximum atomic E-state index is 13.3. The quantitative estimate of drug-likeness (QED) is 0.538. The number of hydrogen-bond acceptors (Lipinski definition) is 5. The summed E-state index contributed by atoms with van der Waals surface area (Å²) < 4.78 is 20.3. The van der Waals surface area contributed by atoms with Gasteiger partial charge in [0.2, 0.25) is 0 Å². The number of aromatic hydroxyl groups is 1. The molecule has 0 spiro atoms. The maximum Gasteiger partial charge on any atom is 0.268 e. The lowest BCUT2D eigenvalue weighted by Gasteiger charge is -2.11. The van der Waals surface area contributed by atoms with E-state index in [1.165, 1.54) is 22.9 Å². The van der Waals surface area contributed by atoms with E-state index in [2.05, 4.69) is 10.1 Å². The van der Waals surface area contributed by atoms with Crippen LogP contribution in [0.4, 0.5) is 4.39 Å². The van der Waals surface area contributed by atoms with Crippen LogP contribution in [0, 0.1) is 24.1 Å². The zero-order valence-electron chi connectivity index (χ0n) is 16.2. The number of H-pyrrole nitrogens is 1. The third kappa shape index (κ3) is 3.06. The van der Waals surface area contributed by atoms with Crippen molar-refractivity contribution in [3.8, 4) is 34.4 Å². The van der Waals surface area contributed by atoms with E-state index in [0.717, 1.165) is 0 Å². The van der Waals surface area contributed by atoms with Gasteiger partial charge in [-0.05, 0) is 55.8 Å². The highest BCUT2D eigenvalue weighted by molar-refractivity contribution is 5.98. The van der Waals surface area contributed by atoms with Crippen molar-refractivity contribution < 1.29 is 14.2 Å². The molecule has 2 aromatic heterocycles. The number of fused-ring (bicyclic) bond motifs is 1. The number of aromatic nitrogens is 3. The predicted molar refractivity (Wildman–Crippen MR) is 109 cm³/mol. The van der Waals surface area contributed by atoms with Crippen LogP contribution in [0.1, 0.15) is 18.2 Å². The lowest BCUT2D eigenvalue weighted by Crippen LogP contribution is -2.13. The largest absolute Gasteiger partial charge is 0.504 e. The fraction of sp³-hybridized carbons (Fsp3) is 0.136. The van der Waals surface area contributed by atoms with Crippen molar-refractivity contribution >= 4 is 11.0 Å². The van der Waals surface area contributed by atoms with E-state index >= 15 is 0 Å². The number of aromatic amines is 1. The number of nitrogens with zero attached hydrogens (tertiary/aromatic N) is 3. The Balaban J connectivity index is 2.07. The first kappa shape index (κ1) is 19.2. The average molecular weight is 404 g/mol. The van der Waals surface area contributed by atoms with Crippen molar-refractivity contribution in [3.63, 3.8) is 0 Å². The third-order valence-corrected chi connectivity index (χ3v) is 4.75. The number of halogens is 1. The molecule has 4 rings (SSSR count). The Bertz CT molecular complexity index is 1360. The first-order valence-electron chi connectivity index (χ1n) is 9.22. The van der Waals surface area contributed by atoms with Gasteiger partial charge in [0.15, 0.2) is 11.5 Å². The van der Waals surface area contributed by atoms with Crippen LogP contribution in [0.25, 0.3) is 27.8 Å². The average Bonchev–Trinajstić information content (AvgIpc) is 3.05. The molecule has 0 aliphatic rings. The highest BCUT2D eigenvalue weighted by Crippen LogP contribution is 2.37. The molecule has 0 aliphatic carbocycles. The summed E-state index contributed by atoms with van der Waals surface area (Å²) >= 11 is 0. The molecule has 0 amide bonds. The van der Waals surface area contributed by atoms with Gasteiger partial charge in [0.05, 0.1) is 18.0 Å². The Labute approximate surface area is 170 Å². The van der Waals surface area contributed by atoms with Gasteiger partial charge in [0.1, 0.15) is 23.1 Å². The third-order valence-electron chi connectivity index (χ3n) is 4.75. The molecule has 0 atom stereocenters. The zero-order valence-corrected chi connectivity index (χ0v) is 16.2. The van der Waals surface area contributed by atoms with Crippen molar-refractivity contribution in [2.75, 3.05) is 6.61 Å². The molecule has 0 radical (unpaired) electrons. The van der Waals surface area contributed by atoms with Gasteiger partial charge < -0.3 is 14.8 Å². The van der Waals surface area contributed by atoms with Crippen LogP contribution in [-0.2, 0) is 0 Å². The van der Waals surface area contributed by atoms with Crippen LogP contribution in [0.5, 0.6) is 11.5 Å². The number of nitrogens with one attached hydrogen (secondary N) is 1. The molecule has 2 heterocycles. The summed E-state index contributed by atoms with van der Waals surface area (Å²) in [6.07, 6.45) is 0. The molecule has 0 bridgehead atoms. The van der Waals surface area contributed by atoms with Crippen molar-refractivity contribution in [2.24, 2.45) is 0 Å². The molecule has 0 saturated heterocycles. The molecule has 7 nitrogen and oxygen atoms in total. The van der Waals surface area contributed by atoms with Gasteiger partial charge in [-0.1, -0.05) is 6.07 Å². The summed E-state index contributed by atoms with van der Waals surface area (Å²) in [5.41, 5.74) is 1.79. The lowest BCUT2D eigenvalue weighted by atomic mass is 9.97. The van der Waals surface area contributed by atoms with Gasteiger partial charge in [-0.15, -0.1) is 0 Å². The molecule has 30 heavy (non-hydrogen) atoms. The molecule has 4 aromatic rings. The molecule has 0 aliphatic heterocycles. The van der Waals surface area contributed by atoms with Crippen molar-refractivity contribution in [1.29, 1.82) is 5.26 Å². The van der Waals surface area contributed by atoms with Crippen molar-refractivity contribution in [1.82, 2.24) is 14.8 Å². The van der Waals surface area contributed by atoms with E-state index in [9.17, 15) is 19.6 Å². The highest BCUT2D eigenvalue weighted by Gasteiger charge is 2.22. The molecule has 150 valence electrons. The summed E-state index contributed by atoms with van der Waals surface area (Å²) in [6, 6.07) is 12.3. The van der Waals surface area contributed by atoms with Gasteiger partial charge in [-0.3, -0.25) is 4.79 Å². The summed E-state index contributed by atoms with van der Waals surface area (Å²) in [7, 11) is 0. The summed E-state index contributed by atoms with van der Waals surface area (Å²) in [4.78, 5) is 15.4. The topological polar surface area (TPSA) is 104 Å². The Morgan fingerprint density at radius 2 is 2.00 bits per heavy atom. The van der Waals surface area contributed by atoms with Crippen LogP contribution < -0.4 is 10.3 Å². The number of benzene rings is 2. The Morgan fingerprint density at radius 1 is 1.27 bits per heavy atom. The van der Waals surface area contributed by atoms with E-state index in [1.807, 2.05) is 6.07 Å². The fourth-order valence-electron chi connectivity index (χ4n) is 3.46.